The number of hydrogen-bond donors (Lipinski definition) is 1. The van der Waals surface area contributed by atoms with Crippen LogP contribution in [0.5, 0.6) is 0 Å². The first-order valence-electron chi connectivity index (χ1n) is 8.00. The molecule has 0 spiro atoms. The highest BCUT2D eigenvalue weighted by atomic mass is 35.5. The molecule has 1 saturated heterocycles. The Morgan fingerprint density at radius 2 is 2.00 bits per heavy atom. The molecule has 0 saturated carbocycles. The predicted molar refractivity (Wildman–Crippen MR) is 87.3 cm³/mol. The molecule has 1 aliphatic heterocycles. The van der Waals surface area contributed by atoms with Crippen molar-refractivity contribution in [1.82, 2.24) is 4.90 Å². The predicted octanol–water partition coefficient (Wildman–Crippen LogP) is 2.59. The van der Waals surface area contributed by atoms with Crippen LogP contribution in [-0.4, -0.2) is 37.0 Å². The molecule has 4 heteroatoms. The molecule has 1 aliphatic rings. The molecule has 1 aromatic rings. The van der Waals surface area contributed by atoms with Crippen molar-refractivity contribution in [2.24, 2.45) is 0 Å². The fraction of sp³-hybridized carbons (Fsp3) is 0.588. The first-order valence-corrected chi connectivity index (χ1v) is 8.38. The molecule has 1 heterocycles. The molecule has 0 aliphatic carbocycles. The van der Waals surface area contributed by atoms with Crippen LogP contribution in [0.4, 0.5) is 5.69 Å². The van der Waals surface area contributed by atoms with E-state index >= 15 is 0 Å². The summed E-state index contributed by atoms with van der Waals surface area (Å²) in [5.74, 6) is 0.324. The van der Waals surface area contributed by atoms with E-state index in [-0.39, 0.29) is 0 Å². The highest BCUT2D eigenvalue weighted by molar-refractivity contribution is 6.30. The third-order valence-electron chi connectivity index (χ3n) is 4.29. The van der Waals surface area contributed by atoms with Gasteiger partial charge in [0.1, 0.15) is 5.69 Å². The SMILES string of the molecule is CCCCCC(=O)N1CC[NH+](c2cc(Cl)ccc2C)CC1. The van der Waals surface area contributed by atoms with Gasteiger partial charge in [-0.3, -0.25) is 9.69 Å². The Kier molecular flexibility index (Phi) is 6.07. The minimum absolute atomic E-state index is 0.324. The number of piperazine rings is 1. The zero-order valence-corrected chi connectivity index (χ0v) is 13.9. The second-order valence-corrected chi connectivity index (χ2v) is 6.34. The summed E-state index contributed by atoms with van der Waals surface area (Å²) in [7, 11) is 0. The van der Waals surface area contributed by atoms with E-state index in [1.54, 1.807) is 0 Å². The summed E-state index contributed by atoms with van der Waals surface area (Å²) < 4.78 is 0. The topological polar surface area (TPSA) is 24.8 Å². The highest BCUT2D eigenvalue weighted by Crippen LogP contribution is 2.17. The third-order valence-corrected chi connectivity index (χ3v) is 4.53. The standard InChI is InChI=1S/C17H25ClN2O/c1-3-4-5-6-17(21)20-11-9-19(10-12-20)16-13-15(18)8-7-14(16)2/h7-8,13H,3-6,9-12H2,1-2H3/p+1. The zero-order chi connectivity index (χ0) is 15.2. The Hall–Kier alpha value is -1.06. The van der Waals surface area contributed by atoms with Crippen molar-refractivity contribution in [2.45, 2.75) is 39.5 Å². The Labute approximate surface area is 132 Å². The van der Waals surface area contributed by atoms with Gasteiger partial charge in [-0.1, -0.05) is 37.4 Å². The number of aryl methyl sites for hydroxylation is 1. The van der Waals surface area contributed by atoms with E-state index in [0.717, 1.165) is 44.0 Å². The van der Waals surface area contributed by atoms with E-state index < -0.39 is 0 Å². The van der Waals surface area contributed by atoms with Crippen molar-refractivity contribution in [1.29, 1.82) is 0 Å². The van der Waals surface area contributed by atoms with E-state index in [9.17, 15) is 4.79 Å². The lowest BCUT2D eigenvalue weighted by molar-refractivity contribution is -0.837. The lowest BCUT2D eigenvalue weighted by Gasteiger charge is -2.32. The van der Waals surface area contributed by atoms with Crippen molar-refractivity contribution in [3.63, 3.8) is 0 Å². The zero-order valence-electron chi connectivity index (χ0n) is 13.1. The Morgan fingerprint density at radius 3 is 2.67 bits per heavy atom. The van der Waals surface area contributed by atoms with Gasteiger partial charge in [-0.25, -0.2) is 0 Å². The fourth-order valence-electron chi connectivity index (χ4n) is 2.95. The monoisotopic (exact) mass is 309 g/mol. The second-order valence-electron chi connectivity index (χ2n) is 5.90. The van der Waals surface area contributed by atoms with Gasteiger partial charge in [0.05, 0.1) is 26.2 Å². The van der Waals surface area contributed by atoms with Crippen LogP contribution in [0, 0.1) is 6.92 Å². The molecule has 0 atom stereocenters. The van der Waals surface area contributed by atoms with Crippen LogP contribution in [-0.2, 0) is 4.79 Å². The van der Waals surface area contributed by atoms with Gasteiger partial charge < -0.3 is 4.90 Å². The first kappa shape index (κ1) is 16.3. The third kappa shape index (κ3) is 4.45. The summed E-state index contributed by atoms with van der Waals surface area (Å²) in [6, 6.07) is 6.07. The Bertz CT molecular complexity index is 482. The van der Waals surface area contributed by atoms with Gasteiger partial charge in [-0.05, 0) is 19.4 Å². The molecular formula is C17H26ClN2O+. The van der Waals surface area contributed by atoms with Gasteiger partial charge >= 0.3 is 0 Å². The number of amides is 1. The number of nitrogens with zero attached hydrogens (tertiary/aromatic N) is 1. The molecule has 1 aromatic carbocycles. The summed E-state index contributed by atoms with van der Waals surface area (Å²) in [4.78, 5) is 15.6. The number of hydrogen-bond acceptors (Lipinski definition) is 1. The van der Waals surface area contributed by atoms with Crippen LogP contribution in [0.1, 0.15) is 38.2 Å². The first-order chi connectivity index (χ1) is 10.1. The molecule has 0 bridgehead atoms. The summed E-state index contributed by atoms with van der Waals surface area (Å²) in [6.07, 6.45) is 4.05. The van der Waals surface area contributed by atoms with E-state index in [2.05, 4.69) is 26.0 Å². The van der Waals surface area contributed by atoms with E-state index in [1.807, 2.05) is 11.0 Å². The van der Waals surface area contributed by atoms with Gasteiger partial charge in [0.15, 0.2) is 0 Å². The Morgan fingerprint density at radius 1 is 1.29 bits per heavy atom. The quantitative estimate of drug-likeness (QED) is 0.831. The maximum Gasteiger partial charge on any atom is 0.222 e. The number of quaternary nitrogens is 1. The number of halogens is 1. The van der Waals surface area contributed by atoms with E-state index in [1.165, 1.54) is 22.6 Å². The second kappa shape index (κ2) is 7.81. The van der Waals surface area contributed by atoms with Crippen molar-refractivity contribution in [3.05, 3.63) is 28.8 Å². The van der Waals surface area contributed by atoms with Crippen molar-refractivity contribution in [2.75, 3.05) is 26.2 Å². The number of rotatable bonds is 5. The number of carbonyl (C=O) groups is 1. The summed E-state index contributed by atoms with van der Waals surface area (Å²) in [6.45, 7) is 7.95. The summed E-state index contributed by atoms with van der Waals surface area (Å²) in [5.41, 5.74) is 2.55. The molecule has 116 valence electrons. The average Bonchev–Trinajstić information content (AvgIpc) is 2.50. The molecule has 1 fully saturated rings. The summed E-state index contributed by atoms with van der Waals surface area (Å²) in [5, 5.41) is 0.793. The minimum Gasteiger partial charge on any atom is -0.331 e. The molecule has 21 heavy (non-hydrogen) atoms. The lowest BCUT2D eigenvalue weighted by Crippen LogP contribution is -3.10. The molecule has 1 N–H and O–H groups in total. The minimum atomic E-state index is 0.324. The Balaban J connectivity index is 1.88. The smallest absolute Gasteiger partial charge is 0.222 e. The van der Waals surface area contributed by atoms with Gasteiger partial charge in [-0.15, -0.1) is 0 Å². The van der Waals surface area contributed by atoms with Crippen LogP contribution in [0.15, 0.2) is 18.2 Å². The van der Waals surface area contributed by atoms with Gasteiger partial charge in [0.25, 0.3) is 0 Å². The fourth-order valence-corrected chi connectivity index (χ4v) is 3.13. The molecule has 0 radical (unpaired) electrons. The summed E-state index contributed by atoms with van der Waals surface area (Å²) >= 11 is 6.11. The van der Waals surface area contributed by atoms with Crippen molar-refractivity contribution >= 4 is 23.2 Å². The van der Waals surface area contributed by atoms with Crippen molar-refractivity contribution in [3.8, 4) is 0 Å². The molecular weight excluding hydrogens is 284 g/mol. The van der Waals surface area contributed by atoms with Crippen LogP contribution in [0.3, 0.4) is 0 Å². The van der Waals surface area contributed by atoms with Gasteiger partial charge in [-0.2, -0.15) is 0 Å². The van der Waals surface area contributed by atoms with E-state index in [0.29, 0.717) is 12.3 Å². The van der Waals surface area contributed by atoms with E-state index in [4.69, 9.17) is 11.6 Å². The van der Waals surface area contributed by atoms with Gasteiger partial charge in [0, 0.05) is 23.1 Å². The highest BCUT2D eigenvalue weighted by Gasteiger charge is 2.25. The van der Waals surface area contributed by atoms with Gasteiger partial charge in [0.2, 0.25) is 5.91 Å². The molecule has 2 rings (SSSR count). The maximum atomic E-state index is 12.1. The number of unbranched alkanes of at least 4 members (excludes halogenated alkanes) is 2. The largest absolute Gasteiger partial charge is 0.331 e. The van der Waals surface area contributed by atoms with Crippen LogP contribution in [0.2, 0.25) is 5.02 Å². The maximum absolute atomic E-state index is 12.1. The molecule has 3 nitrogen and oxygen atoms in total. The van der Waals surface area contributed by atoms with Crippen LogP contribution < -0.4 is 4.90 Å². The molecule has 1 amide bonds. The number of nitrogens with one attached hydrogen (secondary N) is 1. The normalized spacial score (nSPS) is 16.2. The van der Waals surface area contributed by atoms with Crippen LogP contribution >= 0.6 is 11.6 Å². The molecule has 0 unspecified atom stereocenters. The molecule has 0 aromatic heterocycles. The number of benzene rings is 1. The number of carbonyl (C=O) groups excluding carboxylic acids is 1. The average molecular weight is 310 g/mol. The van der Waals surface area contributed by atoms with Crippen molar-refractivity contribution < 1.29 is 9.69 Å². The lowest BCUT2D eigenvalue weighted by atomic mass is 10.1. The van der Waals surface area contributed by atoms with Crippen LogP contribution in [0.25, 0.3) is 0 Å².